The van der Waals surface area contributed by atoms with E-state index in [1.54, 1.807) is 9.80 Å². The molecule has 0 saturated heterocycles. The Hall–Kier alpha value is -4.65. The zero-order valence-electron chi connectivity index (χ0n) is 28.1. The zero-order valence-corrected chi connectivity index (χ0v) is 28.9. The summed E-state index contributed by atoms with van der Waals surface area (Å²) >= 11 is 1.27. The van der Waals surface area contributed by atoms with Gasteiger partial charge in [-0.1, -0.05) is 62.0 Å². The summed E-state index contributed by atoms with van der Waals surface area (Å²) < 4.78 is 42.8. The van der Waals surface area contributed by atoms with E-state index >= 15 is 0 Å². The Kier molecular flexibility index (Phi) is 11.1. The number of amidine groups is 1. The summed E-state index contributed by atoms with van der Waals surface area (Å²) in [6.45, 7) is 8.68. The predicted molar refractivity (Wildman–Crippen MR) is 186 cm³/mol. The Morgan fingerprint density at radius 1 is 1.06 bits per heavy atom. The standard InChI is InChI=1S/C36H39F3N6O3S/c1-23(2)31-17-6-24(3)20-32(31)45(25(4)46)35(49-5)41-34(47)43(21-27-7-8-27)19-18-26-9-11-28(12-10-26)33-40-22-44(42-33)29-13-15-30(16-14-29)48-36(37,38)39/h6,9-17,20,22-23,27H,7-8,18-19,21H2,1-5H3. The molecule has 1 heterocycles. The number of carbonyl (C=O) groups is 2. The third kappa shape index (κ3) is 9.50. The van der Waals surface area contributed by atoms with Crippen LogP contribution in [0.2, 0.25) is 0 Å². The van der Waals surface area contributed by atoms with Gasteiger partial charge in [0.05, 0.1) is 11.4 Å². The Labute approximate surface area is 288 Å². The summed E-state index contributed by atoms with van der Waals surface area (Å²) in [6.07, 6.45) is 1.29. The van der Waals surface area contributed by atoms with Crippen LogP contribution >= 0.6 is 11.8 Å². The van der Waals surface area contributed by atoms with Gasteiger partial charge in [-0.15, -0.1) is 18.3 Å². The number of hydrogen-bond acceptors (Lipinski definition) is 6. The van der Waals surface area contributed by atoms with E-state index in [9.17, 15) is 22.8 Å². The predicted octanol–water partition coefficient (Wildman–Crippen LogP) is 8.41. The van der Waals surface area contributed by atoms with E-state index in [2.05, 4.69) is 33.7 Å². The van der Waals surface area contributed by atoms with Crippen molar-refractivity contribution in [3.05, 3.63) is 89.7 Å². The lowest BCUT2D eigenvalue weighted by atomic mass is 9.99. The van der Waals surface area contributed by atoms with Crippen LogP contribution < -0.4 is 9.64 Å². The first-order valence-electron chi connectivity index (χ1n) is 16.0. The lowest BCUT2D eigenvalue weighted by Gasteiger charge is -2.27. The van der Waals surface area contributed by atoms with Gasteiger partial charge in [0, 0.05) is 25.6 Å². The van der Waals surface area contributed by atoms with Crippen LogP contribution in [-0.4, -0.2) is 62.5 Å². The third-order valence-electron chi connectivity index (χ3n) is 8.08. The minimum atomic E-state index is -4.76. The summed E-state index contributed by atoms with van der Waals surface area (Å²) in [5, 5.41) is 4.81. The quantitative estimate of drug-likeness (QED) is 0.122. The highest BCUT2D eigenvalue weighted by Crippen LogP contribution is 2.32. The SMILES string of the molecule is CSC(=NC(=O)N(CCc1ccc(-c2ncn(-c3ccc(OC(F)(F)F)cc3)n2)cc1)CC1CC1)N(C(C)=O)c1cc(C)ccc1C(C)C. The van der Waals surface area contributed by atoms with E-state index in [1.807, 2.05) is 55.6 Å². The van der Waals surface area contributed by atoms with Gasteiger partial charge in [-0.05, 0) is 91.3 Å². The van der Waals surface area contributed by atoms with Gasteiger partial charge >= 0.3 is 12.4 Å². The number of aryl methyl sites for hydroxylation is 1. The number of rotatable bonds is 10. The normalized spacial score (nSPS) is 13.4. The van der Waals surface area contributed by atoms with E-state index in [4.69, 9.17) is 0 Å². The van der Waals surface area contributed by atoms with Crippen LogP contribution in [-0.2, 0) is 11.2 Å². The van der Waals surface area contributed by atoms with Crippen molar-refractivity contribution in [2.45, 2.75) is 59.2 Å². The van der Waals surface area contributed by atoms with Crippen molar-refractivity contribution in [3.8, 4) is 22.8 Å². The van der Waals surface area contributed by atoms with Crippen LogP contribution in [0.1, 0.15) is 56.2 Å². The molecule has 3 aromatic carbocycles. The second-order valence-electron chi connectivity index (χ2n) is 12.3. The molecule has 1 aromatic heterocycles. The number of alkyl halides is 3. The lowest BCUT2D eigenvalue weighted by molar-refractivity contribution is -0.274. The molecule has 1 aliphatic carbocycles. The summed E-state index contributed by atoms with van der Waals surface area (Å²) in [6, 6.07) is 18.7. The molecular weight excluding hydrogens is 653 g/mol. The number of nitrogens with zero attached hydrogens (tertiary/aromatic N) is 6. The fourth-order valence-electron chi connectivity index (χ4n) is 5.36. The number of urea groups is 1. The molecule has 49 heavy (non-hydrogen) atoms. The Morgan fingerprint density at radius 3 is 2.35 bits per heavy atom. The van der Waals surface area contributed by atoms with Crippen LogP contribution in [0.25, 0.3) is 17.1 Å². The minimum Gasteiger partial charge on any atom is -0.406 e. The monoisotopic (exact) mass is 692 g/mol. The highest BCUT2D eigenvalue weighted by Gasteiger charge is 2.31. The minimum absolute atomic E-state index is 0.169. The van der Waals surface area contributed by atoms with E-state index in [0.717, 1.165) is 40.8 Å². The van der Waals surface area contributed by atoms with Crippen LogP contribution in [0.15, 0.2) is 78.0 Å². The van der Waals surface area contributed by atoms with Crippen LogP contribution in [0.5, 0.6) is 5.75 Å². The second-order valence-corrected chi connectivity index (χ2v) is 13.1. The Bertz CT molecular complexity index is 1800. The number of carbonyl (C=O) groups excluding carboxylic acids is 2. The maximum atomic E-state index is 13.7. The van der Waals surface area contributed by atoms with E-state index in [1.165, 1.54) is 54.0 Å². The van der Waals surface area contributed by atoms with Gasteiger partial charge in [-0.25, -0.2) is 14.5 Å². The largest absolute Gasteiger partial charge is 0.573 e. The first-order valence-corrected chi connectivity index (χ1v) is 17.2. The molecule has 0 spiro atoms. The molecule has 13 heteroatoms. The van der Waals surface area contributed by atoms with Crippen LogP contribution in [0, 0.1) is 12.8 Å². The van der Waals surface area contributed by atoms with Crippen molar-refractivity contribution >= 4 is 34.6 Å². The number of hydrogen-bond donors (Lipinski definition) is 0. The number of ether oxygens (including phenoxy) is 1. The van der Waals surface area contributed by atoms with Gasteiger partial charge < -0.3 is 9.64 Å². The van der Waals surface area contributed by atoms with E-state index < -0.39 is 6.36 Å². The molecule has 4 aromatic rings. The molecule has 9 nitrogen and oxygen atoms in total. The molecule has 1 aliphatic rings. The maximum Gasteiger partial charge on any atom is 0.573 e. The van der Waals surface area contributed by atoms with Crippen LogP contribution in [0.4, 0.5) is 23.7 Å². The molecule has 0 atom stereocenters. The van der Waals surface area contributed by atoms with Gasteiger partial charge in [-0.2, -0.15) is 4.99 Å². The number of thioether (sulfide) groups is 1. The summed E-state index contributed by atoms with van der Waals surface area (Å²) in [5.41, 5.74) is 5.06. The van der Waals surface area contributed by atoms with E-state index in [0.29, 0.717) is 42.1 Å². The fraction of sp³-hybridized carbons (Fsp3) is 0.361. The summed E-state index contributed by atoms with van der Waals surface area (Å²) in [5.74, 6) is 0.539. The van der Waals surface area contributed by atoms with Crippen molar-refractivity contribution in [3.63, 3.8) is 0 Å². The average molecular weight is 693 g/mol. The number of aromatic nitrogens is 3. The summed E-state index contributed by atoms with van der Waals surface area (Å²) in [4.78, 5) is 38.9. The second kappa shape index (κ2) is 15.3. The first kappa shape index (κ1) is 35.7. The molecule has 258 valence electrons. The van der Waals surface area contributed by atoms with Gasteiger partial charge in [0.2, 0.25) is 5.91 Å². The highest BCUT2D eigenvalue weighted by atomic mass is 32.2. The zero-order chi connectivity index (χ0) is 35.3. The highest BCUT2D eigenvalue weighted by molar-refractivity contribution is 8.13. The number of benzene rings is 3. The van der Waals surface area contributed by atoms with Gasteiger partial charge in [-0.3, -0.25) is 9.69 Å². The van der Waals surface area contributed by atoms with Gasteiger partial charge in [0.25, 0.3) is 0 Å². The average Bonchev–Trinajstić information content (AvgIpc) is 3.74. The topological polar surface area (TPSA) is 92.9 Å². The molecule has 1 saturated carbocycles. The molecule has 0 aliphatic heterocycles. The molecular formula is C36H39F3N6O3S. The van der Waals surface area contributed by atoms with Crippen molar-refractivity contribution in [2.75, 3.05) is 24.2 Å². The molecule has 1 fully saturated rings. The number of aliphatic imine (C=N–C) groups is 1. The van der Waals surface area contributed by atoms with Crippen LogP contribution in [0.3, 0.4) is 0 Å². The molecule has 5 rings (SSSR count). The van der Waals surface area contributed by atoms with Crippen molar-refractivity contribution in [2.24, 2.45) is 10.9 Å². The van der Waals surface area contributed by atoms with Crippen molar-refractivity contribution in [1.82, 2.24) is 19.7 Å². The third-order valence-corrected chi connectivity index (χ3v) is 8.72. The summed E-state index contributed by atoms with van der Waals surface area (Å²) in [7, 11) is 0. The van der Waals surface area contributed by atoms with Crippen molar-refractivity contribution < 1.29 is 27.5 Å². The molecule has 3 amide bonds. The van der Waals surface area contributed by atoms with Crippen molar-refractivity contribution in [1.29, 1.82) is 0 Å². The smallest absolute Gasteiger partial charge is 0.406 e. The van der Waals surface area contributed by atoms with E-state index in [-0.39, 0.29) is 23.6 Å². The van der Waals surface area contributed by atoms with Gasteiger partial charge in [0.15, 0.2) is 11.0 Å². The Morgan fingerprint density at radius 2 is 1.76 bits per heavy atom. The molecule has 0 bridgehead atoms. The number of amides is 3. The molecule has 0 radical (unpaired) electrons. The number of halogens is 3. The number of anilines is 1. The fourth-order valence-corrected chi connectivity index (χ4v) is 5.94. The first-order chi connectivity index (χ1) is 23.3. The Balaban J connectivity index is 1.28. The molecule has 0 N–H and O–H groups in total. The molecule has 0 unspecified atom stereocenters. The lowest BCUT2D eigenvalue weighted by Crippen LogP contribution is -2.38. The van der Waals surface area contributed by atoms with Gasteiger partial charge in [0.1, 0.15) is 12.1 Å². The maximum absolute atomic E-state index is 13.7.